The highest BCUT2D eigenvalue weighted by molar-refractivity contribution is 5.93. The van der Waals surface area contributed by atoms with Crippen LogP contribution in [-0.2, 0) is 13.1 Å². The monoisotopic (exact) mass is 337 g/mol. The van der Waals surface area contributed by atoms with E-state index >= 15 is 0 Å². The molecule has 3 rings (SSSR count). The Morgan fingerprint density at radius 3 is 2.72 bits per heavy atom. The van der Waals surface area contributed by atoms with E-state index in [1.807, 2.05) is 31.2 Å². The van der Waals surface area contributed by atoms with Crippen molar-refractivity contribution in [2.24, 2.45) is 0 Å². The quantitative estimate of drug-likeness (QED) is 0.713. The third kappa shape index (κ3) is 4.41. The van der Waals surface area contributed by atoms with Crippen LogP contribution in [0.1, 0.15) is 28.4 Å². The molecule has 0 aliphatic rings. The number of rotatable bonds is 7. The fourth-order valence-electron chi connectivity index (χ4n) is 2.40. The molecule has 0 aliphatic heterocycles. The van der Waals surface area contributed by atoms with E-state index in [1.54, 1.807) is 23.1 Å². The molecule has 0 aliphatic carbocycles. The van der Waals surface area contributed by atoms with Crippen molar-refractivity contribution < 1.29 is 9.53 Å². The summed E-state index contributed by atoms with van der Waals surface area (Å²) in [5, 5.41) is 7.04. The Balaban J connectivity index is 1.64. The van der Waals surface area contributed by atoms with E-state index in [4.69, 9.17) is 4.74 Å². The highest BCUT2D eigenvalue weighted by Gasteiger charge is 2.09. The lowest BCUT2D eigenvalue weighted by Crippen LogP contribution is -2.23. The molecule has 2 aromatic heterocycles. The molecule has 7 heteroatoms. The maximum absolute atomic E-state index is 12.3. The van der Waals surface area contributed by atoms with Crippen molar-refractivity contribution in [3.05, 3.63) is 71.9 Å². The molecule has 1 aromatic carbocycles. The first-order chi connectivity index (χ1) is 12.3. The predicted molar refractivity (Wildman–Crippen MR) is 92.1 cm³/mol. The topological polar surface area (TPSA) is 81.9 Å². The molecular formula is C18H19N5O2. The number of hydrogen-bond donors (Lipinski definition) is 1. The van der Waals surface area contributed by atoms with Crippen LogP contribution in [0.3, 0.4) is 0 Å². The second-order valence-electron chi connectivity index (χ2n) is 5.36. The van der Waals surface area contributed by atoms with E-state index in [0.29, 0.717) is 31.1 Å². The van der Waals surface area contributed by atoms with E-state index in [-0.39, 0.29) is 5.91 Å². The molecule has 1 N–H and O–H groups in total. The Bertz CT molecular complexity index is 816. The van der Waals surface area contributed by atoms with Gasteiger partial charge in [-0.1, -0.05) is 24.3 Å². The van der Waals surface area contributed by atoms with Crippen LogP contribution in [0.5, 0.6) is 5.88 Å². The van der Waals surface area contributed by atoms with Crippen LogP contribution in [0.4, 0.5) is 0 Å². The molecule has 0 spiro atoms. The zero-order valence-electron chi connectivity index (χ0n) is 13.9. The van der Waals surface area contributed by atoms with Gasteiger partial charge in [0.1, 0.15) is 12.7 Å². The maximum atomic E-state index is 12.3. The van der Waals surface area contributed by atoms with Gasteiger partial charge >= 0.3 is 0 Å². The molecule has 0 saturated carbocycles. The second kappa shape index (κ2) is 8.05. The van der Waals surface area contributed by atoms with Gasteiger partial charge in [0.25, 0.3) is 5.91 Å². The first-order valence-corrected chi connectivity index (χ1v) is 8.02. The Labute approximate surface area is 145 Å². The standard InChI is InChI=1S/C18H19N5O2/c1-2-25-17-8-7-15(10-20-17)18(24)21-9-14-5-3-4-6-16(14)11-23-13-19-12-22-23/h3-8,10,12-13H,2,9,11H2,1H3,(H,21,24). The summed E-state index contributed by atoms with van der Waals surface area (Å²) in [7, 11) is 0. The minimum Gasteiger partial charge on any atom is -0.478 e. The van der Waals surface area contributed by atoms with E-state index in [0.717, 1.165) is 11.1 Å². The number of benzene rings is 1. The predicted octanol–water partition coefficient (Wildman–Crippen LogP) is 2.05. The van der Waals surface area contributed by atoms with Gasteiger partial charge in [-0.3, -0.25) is 4.79 Å². The number of amides is 1. The van der Waals surface area contributed by atoms with Gasteiger partial charge in [-0.2, -0.15) is 5.10 Å². The summed E-state index contributed by atoms with van der Waals surface area (Å²) in [6.07, 6.45) is 4.69. The summed E-state index contributed by atoms with van der Waals surface area (Å²) in [6.45, 7) is 3.47. The van der Waals surface area contributed by atoms with Crippen molar-refractivity contribution in [1.82, 2.24) is 25.1 Å². The summed E-state index contributed by atoms with van der Waals surface area (Å²) >= 11 is 0. The minimum absolute atomic E-state index is 0.175. The van der Waals surface area contributed by atoms with Crippen LogP contribution in [0.2, 0.25) is 0 Å². The molecular weight excluding hydrogens is 318 g/mol. The highest BCUT2D eigenvalue weighted by atomic mass is 16.5. The van der Waals surface area contributed by atoms with Crippen LogP contribution in [0.25, 0.3) is 0 Å². The number of nitrogens with one attached hydrogen (secondary N) is 1. The van der Waals surface area contributed by atoms with Crippen molar-refractivity contribution in [1.29, 1.82) is 0 Å². The summed E-state index contributed by atoms with van der Waals surface area (Å²) in [4.78, 5) is 20.4. The largest absolute Gasteiger partial charge is 0.478 e. The first kappa shape index (κ1) is 16.6. The number of ether oxygens (including phenoxy) is 1. The zero-order valence-corrected chi connectivity index (χ0v) is 13.9. The number of pyridine rings is 1. The zero-order chi connectivity index (χ0) is 17.5. The minimum atomic E-state index is -0.175. The highest BCUT2D eigenvalue weighted by Crippen LogP contribution is 2.11. The molecule has 2 heterocycles. The Morgan fingerprint density at radius 1 is 1.20 bits per heavy atom. The van der Waals surface area contributed by atoms with E-state index in [9.17, 15) is 4.79 Å². The maximum Gasteiger partial charge on any atom is 0.253 e. The summed E-state index contributed by atoms with van der Waals surface area (Å²) < 4.78 is 7.03. The van der Waals surface area contributed by atoms with Crippen LogP contribution in [0.15, 0.2) is 55.2 Å². The molecule has 25 heavy (non-hydrogen) atoms. The van der Waals surface area contributed by atoms with Gasteiger partial charge in [0.05, 0.1) is 18.7 Å². The van der Waals surface area contributed by atoms with Crippen molar-refractivity contribution in [2.75, 3.05) is 6.61 Å². The van der Waals surface area contributed by atoms with E-state index in [2.05, 4.69) is 20.4 Å². The molecule has 0 unspecified atom stereocenters. The van der Waals surface area contributed by atoms with Crippen molar-refractivity contribution >= 4 is 5.91 Å². The van der Waals surface area contributed by atoms with Gasteiger partial charge in [0.2, 0.25) is 5.88 Å². The fraction of sp³-hybridized carbons (Fsp3) is 0.222. The Kier molecular flexibility index (Phi) is 5.36. The van der Waals surface area contributed by atoms with Crippen molar-refractivity contribution in [2.45, 2.75) is 20.0 Å². The third-order valence-electron chi connectivity index (χ3n) is 3.65. The van der Waals surface area contributed by atoms with Gasteiger partial charge in [0, 0.05) is 18.8 Å². The molecule has 0 radical (unpaired) electrons. The van der Waals surface area contributed by atoms with Crippen LogP contribution in [-0.4, -0.2) is 32.3 Å². The van der Waals surface area contributed by atoms with Crippen LogP contribution in [0, 0.1) is 0 Å². The summed E-state index contributed by atoms with van der Waals surface area (Å²) in [5.41, 5.74) is 2.61. The fourth-order valence-corrected chi connectivity index (χ4v) is 2.40. The normalized spacial score (nSPS) is 10.4. The molecule has 0 fully saturated rings. The number of carbonyl (C=O) groups is 1. The summed E-state index contributed by atoms with van der Waals surface area (Å²) in [6, 6.07) is 11.3. The van der Waals surface area contributed by atoms with E-state index < -0.39 is 0 Å². The van der Waals surface area contributed by atoms with Crippen LogP contribution < -0.4 is 10.1 Å². The molecule has 0 bridgehead atoms. The lowest BCUT2D eigenvalue weighted by molar-refractivity contribution is 0.0950. The Hall–Kier alpha value is -3.22. The number of nitrogens with zero attached hydrogens (tertiary/aromatic N) is 4. The first-order valence-electron chi connectivity index (χ1n) is 8.02. The smallest absolute Gasteiger partial charge is 0.253 e. The number of hydrogen-bond acceptors (Lipinski definition) is 5. The molecule has 7 nitrogen and oxygen atoms in total. The molecule has 0 saturated heterocycles. The van der Waals surface area contributed by atoms with Gasteiger partial charge < -0.3 is 10.1 Å². The third-order valence-corrected chi connectivity index (χ3v) is 3.65. The SMILES string of the molecule is CCOc1ccc(C(=O)NCc2ccccc2Cn2cncn2)cn1. The molecule has 0 atom stereocenters. The lowest BCUT2D eigenvalue weighted by Gasteiger charge is -2.11. The van der Waals surface area contributed by atoms with Crippen molar-refractivity contribution in [3.63, 3.8) is 0 Å². The average molecular weight is 337 g/mol. The lowest BCUT2D eigenvalue weighted by atomic mass is 10.1. The van der Waals surface area contributed by atoms with Crippen LogP contribution >= 0.6 is 0 Å². The van der Waals surface area contributed by atoms with Gasteiger partial charge in [-0.25, -0.2) is 14.6 Å². The number of carbonyl (C=O) groups excluding carboxylic acids is 1. The Morgan fingerprint density at radius 2 is 2.04 bits per heavy atom. The van der Waals surface area contributed by atoms with Gasteiger partial charge in [-0.05, 0) is 24.1 Å². The molecule has 1 amide bonds. The second-order valence-corrected chi connectivity index (χ2v) is 5.36. The summed E-state index contributed by atoms with van der Waals surface area (Å²) in [5.74, 6) is 0.336. The molecule has 128 valence electrons. The van der Waals surface area contributed by atoms with Gasteiger partial charge in [0.15, 0.2) is 0 Å². The number of aromatic nitrogens is 4. The van der Waals surface area contributed by atoms with Crippen molar-refractivity contribution in [3.8, 4) is 5.88 Å². The molecule has 3 aromatic rings. The van der Waals surface area contributed by atoms with Gasteiger partial charge in [-0.15, -0.1) is 0 Å². The average Bonchev–Trinajstić information content (AvgIpc) is 3.15. The van der Waals surface area contributed by atoms with E-state index in [1.165, 1.54) is 12.5 Å².